The van der Waals surface area contributed by atoms with Crippen molar-refractivity contribution in [3.05, 3.63) is 53.1 Å². The second kappa shape index (κ2) is 10.6. The topological polar surface area (TPSA) is 68.8 Å². The fraction of sp³-hybridized carbons (Fsp3) is 0.381. The van der Waals surface area contributed by atoms with E-state index in [9.17, 15) is 18.0 Å². The molecule has 0 aliphatic heterocycles. The van der Waals surface area contributed by atoms with Gasteiger partial charge in [0.05, 0.1) is 26.9 Å². The zero-order chi connectivity index (χ0) is 22.1. The molecule has 0 unspecified atom stereocenters. The monoisotopic (exact) mass is 426 g/mol. The van der Waals surface area contributed by atoms with Gasteiger partial charge in [0.2, 0.25) is 5.75 Å². The first-order chi connectivity index (χ1) is 14.3. The minimum Gasteiger partial charge on any atom is -0.493 e. The van der Waals surface area contributed by atoms with Gasteiger partial charge in [-0.2, -0.15) is 13.2 Å². The molecule has 0 atom stereocenters. The molecule has 0 spiro atoms. The summed E-state index contributed by atoms with van der Waals surface area (Å²) in [5.41, 5.74) is 0.862. The van der Waals surface area contributed by atoms with Gasteiger partial charge in [-0.15, -0.1) is 0 Å². The van der Waals surface area contributed by atoms with E-state index in [1.54, 1.807) is 6.07 Å². The molecule has 0 saturated carbocycles. The molecule has 0 aromatic heterocycles. The molecule has 2 aromatic rings. The first-order valence-electron chi connectivity index (χ1n) is 9.25. The van der Waals surface area contributed by atoms with Gasteiger partial charge < -0.3 is 24.8 Å². The number of nitrogens with one attached hydrogen (secondary N) is 2. The molecule has 0 bridgehead atoms. The summed E-state index contributed by atoms with van der Waals surface area (Å²) < 4.78 is 53.7. The first kappa shape index (κ1) is 23.2. The lowest BCUT2D eigenvalue weighted by Gasteiger charge is -2.16. The highest BCUT2D eigenvalue weighted by Gasteiger charge is 2.29. The number of carbonyl (C=O) groups excluding carboxylic acids is 1. The predicted molar refractivity (Wildman–Crippen MR) is 106 cm³/mol. The second-order valence-electron chi connectivity index (χ2n) is 6.37. The number of halogens is 3. The van der Waals surface area contributed by atoms with Crippen molar-refractivity contribution in [1.82, 2.24) is 10.6 Å². The van der Waals surface area contributed by atoms with Gasteiger partial charge in [-0.1, -0.05) is 18.2 Å². The number of hydrogen-bond donors (Lipinski definition) is 2. The van der Waals surface area contributed by atoms with E-state index >= 15 is 0 Å². The molecule has 2 aromatic carbocycles. The summed E-state index contributed by atoms with van der Waals surface area (Å²) in [6, 6.07) is 8.13. The molecule has 2 N–H and O–H groups in total. The SMILES string of the molecule is COc1ccc(CCNC(=O)NCCc2ccc(C(F)(F)F)cc2)c(OC)c1OC. The van der Waals surface area contributed by atoms with Crippen LogP contribution in [0.15, 0.2) is 36.4 Å². The van der Waals surface area contributed by atoms with E-state index in [2.05, 4.69) is 10.6 Å². The summed E-state index contributed by atoms with van der Waals surface area (Å²) in [5.74, 6) is 1.58. The molecule has 0 aliphatic carbocycles. The molecule has 0 aliphatic rings. The summed E-state index contributed by atoms with van der Waals surface area (Å²) in [5, 5.41) is 5.42. The lowest BCUT2D eigenvalue weighted by molar-refractivity contribution is -0.137. The summed E-state index contributed by atoms with van der Waals surface area (Å²) in [7, 11) is 4.59. The van der Waals surface area contributed by atoms with Crippen LogP contribution >= 0.6 is 0 Å². The maximum Gasteiger partial charge on any atom is 0.416 e. The third-order valence-corrected chi connectivity index (χ3v) is 4.45. The molecule has 2 rings (SSSR count). The zero-order valence-corrected chi connectivity index (χ0v) is 17.1. The zero-order valence-electron chi connectivity index (χ0n) is 17.1. The molecule has 9 heteroatoms. The molecule has 0 saturated heterocycles. The molecule has 0 heterocycles. The number of benzene rings is 2. The maximum absolute atomic E-state index is 12.6. The van der Waals surface area contributed by atoms with Crippen molar-refractivity contribution < 1.29 is 32.2 Å². The Kier molecular flexibility index (Phi) is 8.20. The van der Waals surface area contributed by atoms with Crippen LogP contribution in [0.2, 0.25) is 0 Å². The Morgan fingerprint density at radius 3 is 1.97 bits per heavy atom. The number of rotatable bonds is 9. The Balaban J connectivity index is 1.79. The minimum absolute atomic E-state index is 0.302. The third-order valence-electron chi connectivity index (χ3n) is 4.45. The van der Waals surface area contributed by atoms with Gasteiger partial charge in [-0.25, -0.2) is 4.79 Å². The van der Waals surface area contributed by atoms with E-state index in [0.717, 1.165) is 17.7 Å². The maximum atomic E-state index is 12.6. The molecular formula is C21H25F3N2O4. The van der Waals surface area contributed by atoms with Crippen LogP contribution < -0.4 is 24.8 Å². The standard InChI is InChI=1S/C21H25F3N2O4/c1-28-17-9-6-15(18(29-2)19(17)30-3)11-13-26-20(27)25-12-10-14-4-7-16(8-5-14)21(22,23)24/h4-9H,10-13H2,1-3H3,(H2,25,26,27). The van der Waals surface area contributed by atoms with E-state index in [1.165, 1.54) is 33.5 Å². The summed E-state index contributed by atoms with van der Waals surface area (Å²) in [6.45, 7) is 0.662. The average molecular weight is 426 g/mol. The number of hydrogen-bond acceptors (Lipinski definition) is 4. The highest BCUT2D eigenvalue weighted by molar-refractivity contribution is 5.73. The van der Waals surface area contributed by atoms with Gasteiger partial charge >= 0.3 is 12.2 Å². The van der Waals surface area contributed by atoms with Gasteiger partial charge in [0, 0.05) is 18.7 Å². The highest BCUT2D eigenvalue weighted by Crippen LogP contribution is 2.39. The molecule has 6 nitrogen and oxygen atoms in total. The van der Waals surface area contributed by atoms with Gasteiger partial charge in [0.1, 0.15) is 0 Å². The number of methoxy groups -OCH3 is 3. The van der Waals surface area contributed by atoms with Crippen LogP contribution in [-0.2, 0) is 19.0 Å². The molecule has 0 fully saturated rings. The van der Waals surface area contributed by atoms with Crippen LogP contribution in [0.3, 0.4) is 0 Å². The fourth-order valence-electron chi connectivity index (χ4n) is 2.91. The van der Waals surface area contributed by atoms with Crippen molar-refractivity contribution >= 4 is 6.03 Å². The Morgan fingerprint density at radius 1 is 0.833 bits per heavy atom. The van der Waals surface area contributed by atoms with Crippen molar-refractivity contribution in [1.29, 1.82) is 0 Å². The summed E-state index contributed by atoms with van der Waals surface area (Å²) in [4.78, 5) is 11.9. The van der Waals surface area contributed by atoms with Crippen molar-refractivity contribution in [2.45, 2.75) is 19.0 Å². The predicted octanol–water partition coefficient (Wildman–Crippen LogP) is 3.82. The van der Waals surface area contributed by atoms with Gasteiger partial charge in [0.15, 0.2) is 11.5 Å². The molecule has 0 radical (unpaired) electrons. The molecule has 2 amide bonds. The Labute approximate surface area is 173 Å². The third kappa shape index (κ3) is 6.20. The molecule has 30 heavy (non-hydrogen) atoms. The van der Waals surface area contributed by atoms with Gasteiger partial charge in [-0.3, -0.25) is 0 Å². The molecule has 164 valence electrons. The highest BCUT2D eigenvalue weighted by atomic mass is 19.4. The van der Waals surface area contributed by atoms with Crippen LogP contribution in [0, 0.1) is 0 Å². The number of amides is 2. The lowest BCUT2D eigenvalue weighted by atomic mass is 10.1. The van der Waals surface area contributed by atoms with E-state index in [4.69, 9.17) is 14.2 Å². The summed E-state index contributed by atoms with van der Waals surface area (Å²) >= 11 is 0. The number of alkyl halides is 3. The smallest absolute Gasteiger partial charge is 0.416 e. The van der Waals surface area contributed by atoms with E-state index < -0.39 is 11.7 Å². The van der Waals surface area contributed by atoms with Crippen molar-refractivity contribution in [3.8, 4) is 17.2 Å². The number of carbonyl (C=O) groups is 1. The van der Waals surface area contributed by atoms with Gasteiger partial charge in [0.25, 0.3) is 0 Å². The summed E-state index contributed by atoms with van der Waals surface area (Å²) in [6.07, 6.45) is -3.42. The minimum atomic E-state index is -4.35. The van der Waals surface area contributed by atoms with Crippen molar-refractivity contribution in [2.75, 3.05) is 34.4 Å². The van der Waals surface area contributed by atoms with E-state index in [1.807, 2.05) is 6.07 Å². The van der Waals surface area contributed by atoms with Gasteiger partial charge in [-0.05, 0) is 36.6 Å². The van der Waals surface area contributed by atoms with Crippen molar-refractivity contribution in [2.24, 2.45) is 0 Å². The first-order valence-corrected chi connectivity index (χ1v) is 9.25. The number of urea groups is 1. The molecular weight excluding hydrogens is 401 g/mol. The largest absolute Gasteiger partial charge is 0.493 e. The lowest BCUT2D eigenvalue weighted by Crippen LogP contribution is -2.37. The van der Waals surface area contributed by atoms with Crippen LogP contribution in [0.1, 0.15) is 16.7 Å². The van der Waals surface area contributed by atoms with Crippen LogP contribution in [0.4, 0.5) is 18.0 Å². The van der Waals surface area contributed by atoms with Crippen LogP contribution in [0.25, 0.3) is 0 Å². The quantitative estimate of drug-likeness (QED) is 0.640. The Morgan fingerprint density at radius 2 is 1.43 bits per heavy atom. The van der Waals surface area contributed by atoms with Crippen molar-refractivity contribution in [3.63, 3.8) is 0 Å². The second-order valence-corrected chi connectivity index (χ2v) is 6.37. The fourth-order valence-corrected chi connectivity index (χ4v) is 2.91. The van der Waals surface area contributed by atoms with Crippen LogP contribution in [-0.4, -0.2) is 40.5 Å². The Hall–Kier alpha value is -3.10. The average Bonchev–Trinajstić information content (AvgIpc) is 2.72. The normalized spacial score (nSPS) is 11.0. The van der Waals surface area contributed by atoms with Crippen LogP contribution in [0.5, 0.6) is 17.2 Å². The number of ether oxygens (including phenoxy) is 3. The van der Waals surface area contributed by atoms with E-state index in [-0.39, 0.29) is 6.03 Å². The Bertz CT molecular complexity index is 839. The van der Waals surface area contributed by atoms with E-state index in [0.29, 0.717) is 48.7 Å².